The first-order valence-electron chi connectivity index (χ1n) is 6.31. The van der Waals surface area contributed by atoms with Crippen molar-refractivity contribution >= 4 is 5.91 Å². The van der Waals surface area contributed by atoms with E-state index in [1.165, 1.54) is 12.1 Å². The van der Waals surface area contributed by atoms with Gasteiger partial charge in [0.2, 0.25) is 5.91 Å². The first-order valence-corrected chi connectivity index (χ1v) is 6.31. The topological polar surface area (TPSA) is 58.4 Å². The van der Waals surface area contributed by atoms with Crippen molar-refractivity contribution < 1.29 is 18.0 Å². The highest BCUT2D eigenvalue weighted by Crippen LogP contribution is 2.30. The molecule has 7 heteroatoms. The largest absolute Gasteiger partial charge is 0.416 e. The summed E-state index contributed by atoms with van der Waals surface area (Å²) >= 11 is 0. The molecule has 1 aromatic rings. The Morgan fingerprint density at radius 3 is 2.20 bits per heavy atom. The normalized spacial score (nSPS) is 18.8. The highest BCUT2D eigenvalue weighted by Gasteiger charge is 2.31. The van der Waals surface area contributed by atoms with Crippen molar-refractivity contribution in [3.05, 3.63) is 35.4 Å². The summed E-state index contributed by atoms with van der Waals surface area (Å²) in [6.07, 6.45) is -4.38. The first-order chi connectivity index (χ1) is 9.39. The molecule has 1 aliphatic heterocycles. The van der Waals surface area contributed by atoms with Crippen LogP contribution in [0.5, 0.6) is 0 Å². The van der Waals surface area contributed by atoms with Gasteiger partial charge in [0.15, 0.2) is 0 Å². The van der Waals surface area contributed by atoms with Crippen LogP contribution in [-0.4, -0.2) is 37.0 Å². The molecule has 0 bridgehead atoms. The minimum absolute atomic E-state index is 0.493. The van der Waals surface area contributed by atoms with Crippen LogP contribution >= 0.6 is 0 Å². The molecule has 20 heavy (non-hydrogen) atoms. The van der Waals surface area contributed by atoms with Gasteiger partial charge in [0.1, 0.15) is 6.04 Å². The molecule has 1 unspecified atom stereocenters. The number of benzene rings is 1. The number of amides is 1. The fraction of sp³-hybridized carbons (Fsp3) is 0.462. The number of nitrogens with two attached hydrogens (primary N) is 1. The fourth-order valence-electron chi connectivity index (χ4n) is 2.35. The lowest BCUT2D eigenvalue weighted by atomic mass is 10.0. The molecule has 0 aliphatic carbocycles. The van der Waals surface area contributed by atoms with Crippen LogP contribution in [0.4, 0.5) is 13.2 Å². The van der Waals surface area contributed by atoms with Gasteiger partial charge < -0.3 is 11.1 Å². The third kappa shape index (κ3) is 3.29. The van der Waals surface area contributed by atoms with E-state index in [2.05, 4.69) is 5.32 Å². The number of nitrogens with one attached hydrogen (secondary N) is 1. The number of rotatable bonds is 3. The lowest BCUT2D eigenvalue weighted by Gasteiger charge is -2.33. The zero-order valence-corrected chi connectivity index (χ0v) is 10.8. The fourth-order valence-corrected chi connectivity index (χ4v) is 2.35. The Kier molecular flexibility index (Phi) is 4.29. The summed E-state index contributed by atoms with van der Waals surface area (Å²) in [5.41, 5.74) is 5.16. The Hall–Kier alpha value is -1.60. The van der Waals surface area contributed by atoms with E-state index in [0.717, 1.165) is 25.2 Å². The molecule has 110 valence electrons. The highest BCUT2D eigenvalue weighted by atomic mass is 19.4. The van der Waals surface area contributed by atoms with Gasteiger partial charge in [-0.1, -0.05) is 12.1 Å². The maximum absolute atomic E-state index is 12.5. The van der Waals surface area contributed by atoms with Crippen LogP contribution in [0.3, 0.4) is 0 Å². The smallest absolute Gasteiger partial charge is 0.368 e. The van der Waals surface area contributed by atoms with Gasteiger partial charge in [-0.3, -0.25) is 9.69 Å². The van der Waals surface area contributed by atoms with Gasteiger partial charge in [0, 0.05) is 26.2 Å². The minimum Gasteiger partial charge on any atom is -0.368 e. The Morgan fingerprint density at radius 1 is 1.20 bits per heavy atom. The standard InChI is InChI=1S/C13H16F3N3O/c14-13(15,16)10-3-1-9(2-4-10)11(12(17)20)19-7-5-18-6-8-19/h1-4,11,18H,5-8H2,(H2,17,20). The Balaban J connectivity index is 2.23. The van der Waals surface area contributed by atoms with Crippen LogP contribution in [-0.2, 0) is 11.0 Å². The molecule has 0 radical (unpaired) electrons. The van der Waals surface area contributed by atoms with E-state index in [4.69, 9.17) is 5.73 Å². The number of hydrogen-bond donors (Lipinski definition) is 2. The molecule has 0 spiro atoms. The first kappa shape index (κ1) is 14.8. The zero-order chi connectivity index (χ0) is 14.8. The number of carbonyl (C=O) groups is 1. The second-order valence-corrected chi connectivity index (χ2v) is 4.71. The van der Waals surface area contributed by atoms with Crippen LogP contribution in [0, 0.1) is 0 Å². The predicted molar refractivity (Wildman–Crippen MR) is 67.8 cm³/mol. The molecular weight excluding hydrogens is 271 g/mol. The number of nitrogens with zero attached hydrogens (tertiary/aromatic N) is 1. The third-order valence-corrected chi connectivity index (χ3v) is 3.34. The van der Waals surface area contributed by atoms with Gasteiger partial charge in [0.05, 0.1) is 5.56 Å². The SMILES string of the molecule is NC(=O)C(c1ccc(C(F)(F)F)cc1)N1CCNCC1. The van der Waals surface area contributed by atoms with Crippen LogP contribution in [0.15, 0.2) is 24.3 Å². The molecule has 1 aliphatic rings. The maximum Gasteiger partial charge on any atom is 0.416 e. The molecule has 1 amide bonds. The minimum atomic E-state index is -4.38. The molecule has 4 nitrogen and oxygen atoms in total. The van der Waals surface area contributed by atoms with E-state index in [-0.39, 0.29) is 0 Å². The Labute approximate surface area is 114 Å². The van der Waals surface area contributed by atoms with Crippen molar-refractivity contribution in [2.24, 2.45) is 5.73 Å². The number of primary amides is 1. The van der Waals surface area contributed by atoms with Gasteiger partial charge in [-0.05, 0) is 17.7 Å². The summed E-state index contributed by atoms with van der Waals surface area (Å²) in [4.78, 5) is 13.5. The molecule has 1 aromatic carbocycles. The molecule has 0 saturated carbocycles. The van der Waals surface area contributed by atoms with Crippen LogP contribution in [0.25, 0.3) is 0 Å². The van der Waals surface area contributed by atoms with E-state index in [1.807, 2.05) is 4.90 Å². The summed E-state index contributed by atoms with van der Waals surface area (Å²) in [7, 11) is 0. The molecule has 0 aromatic heterocycles. The van der Waals surface area contributed by atoms with Crippen molar-refractivity contribution in [3.63, 3.8) is 0 Å². The molecule has 1 fully saturated rings. The summed E-state index contributed by atoms with van der Waals surface area (Å²) < 4.78 is 37.6. The predicted octanol–water partition coefficient (Wildman–Crippen LogP) is 1.14. The van der Waals surface area contributed by atoms with Crippen molar-refractivity contribution in [3.8, 4) is 0 Å². The molecule has 3 N–H and O–H groups in total. The summed E-state index contributed by atoms with van der Waals surface area (Å²) in [6.45, 7) is 2.72. The van der Waals surface area contributed by atoms with E-state index in [9.17, 15) is 18.0 Å². The van der Waals surface area contributed by atoms with Gasteiger partial charge >= 0.3 is 6.18 Å². The summed E-state index contributed by atoms with van der Waals surface area (Å²) in [6, 6.07) is 3.92. The van der Waals surface area contributed by atoms with Crippen molar-refractivity contribution in [2.75, 3.05) is 26.2 Å². The van der Waals surface area contributed by atoms with E-state index >= 15 is 0 Å². The number of alkyl halides is 3. The highest BCUT2D eigenvalue weighted by molar-refractivity contribution is 5.81. The monoisotopic (exact) mass is 287 g/mol. The van der Waals surface area contributed by atoms with Crippen molar-refractivity contribution in [2.45, 2.75) is 12.2 Å². The lowest BCUT2D eigenvalue weighted by molar-refractivity contribution is -0.137. The summed E-state index contributed by atoms with van der Waals surface area (Å²) in [5.74, 6) is -0.549. The average molecular weight is 287 g/mol. The van der Waals surface area contributed by atoms with E-state index in [1.54, 1.807) is 0 Å². The Bertz CT molecular complexity index is 467. The second kappa shape index (κ2) is 5.80. The molecule has 1 saturated heterocycles. The third-order valence-electron chi connectivity index (χ3n) is 3.34. The van der Waals surface area contributed by atoms with Crippen LogP contribution < -0.4 is 11.1 Å². The maximum atomic E-state index is 12.5. The molecule has 2 rings (SSSR count). The van der Waals surface area contributed by atoms with Crippen LogP contribution in [0.1, 0.15) is 17.2 Å². The second-order valence-electron chi connectivity index (χ2n) is 4.71. The molecule has 1 atom stereocenters. The van der Waals surface area contributed by atoms with Gasteiger partial charge in [-0.25, -0.2) is 0 Å². The van der Waals surface area contributed by atoms with E-state index < -0.39 is 23.7 Å². The van der Waals surface area contributed by atoms with Crippen molar-refractivity contribution in [1.29, 1.82) is 0 Å². The molecule has 1 heterocycles. The molecular formula is C13H16F3N3O. The average Bonchev–Trinajstić information content (AvgIpc) is 2.39. The Morgan fingerprint density at radius 2 is 1.75 bits per heavy atom. The van der Waals surface area contributed by atoms with Gasteiger partial charge in [-0.2, -0.15) is 13.2 Å². The number of halogens is 3. The van der Waals surface area contributed by atoms with E-state index in [0.29, 0.717) is 18.7 Å². The number of hydrogen-bond acceptors (Lipinski definition) is 3. The number of carbonyl (C=O) groups excluding carboxylic acids is 1. The quantitative estimate of drug-likeness (QED) is 0.876. The zero-order valence-electron chi connectivity index (χ0n) is 10.8. The number of piperazine rings is 1. The van der Waals surface area contributed by atoms with Crippen molar-refractivity contribution in [1.82, 2.24) is 10.2 Å². The lowest BCUT2D eigenvalue weighted by Crippen LogP contribution is -2.48. The van der Waals surface area contributed by atoms with Gasteiger partial charge in [-0.15, -0.1) is 0 Å². The summed E-state index contributed by atoms with van der Waals surface area (Å²) in [5, 5.41) is 3.15. The van der Waals surface area contributed by atoms with Crippen LogP contribution in [0.2, 0.25) is 0 Å². The van der Waals surface area contributed by atoms with Gasteiger partial charge in [0.25, 0.3) is 0 Å².